The summed E-state index contributed by atoms with van der Waals surface area (Å²) in [5.41, 5.74) is 1.86. The highest BCUT2D eigenvalue weighted by molar-refractivity contribution is 8.18. The van der Waals surface area contributed by atoms with Gasteiger partial charge in [-0.25, -0.2) is 4.99 Å². The van der Waals surface area contributed by atoms with Crippen LogP contribution in [-0.2, 0) is 4.79 Å². The van der Waals surface area contributed by atoms with E-state index in [-0.39, 0.29) is 5.91 Å². The fourth-order valence-corrected chi connectivity index (χ4v) is 3.99. The molecule has 0 bridgehead atoms. The van der Waals surface area contributed by atoms with E-state index in [0.717, 1.165) is 22.0 Å². The van der Waals surface area contributed by atoms with E-state index >= 15 is 0 Å². The van der Waals surface area contributed by atoms with Gasteiger partial charge in [-0.1, -0.05) is 72.8 Å². The molecular formula is C23H18N2OS. The molecule has 3 aromatic carbocycles. The third-order valence-corrected chi connectivity index (χ3v) is 5.29. The van der Waals surface area contributed by atoms with Gasteiger partial charge in [0, 0.05) is 11.9 Å². The first-order valence-corrected chi connectivity index (χ1v) is 9.52. The maximum Gasteiger partial charge on any atom is 0.267 e. The van der Waals surface area contributed by atoms with Gasteiger partial charge in [-0.3, -0.25) is 9.69 Å². The summed E-state index contributed by atoms with van der Waals surface area (Å²) in [7, 11) is 0. The summed E-state index contributed by atoms with van der Waals surface area (Å²) >= 11 is 1.40. The van der Waals surface area contributed by atoms with E-state index in [1.807, 2.05) is 60.7 Å². The van der Waals surface area contributed by atoms with Crippen LogP contribution in [0.25, 0.3) is 16.8 Å². The molecule has 0 saturated carbocycles. The third kappa shape index (κ3) is 3.57. The van der Waals surface area contributed by atoms with Crippen molar-refractivity contribution in [1.82, 2.24) is 4.90 Å². The molecular weight excluding hydrogens is 352 g/mol. The number of thioether (sulfide) groups is 1. The van der Waals surface area contributed by atoms with Crippen LogP contribution in [0.3, 0.4) is 0 Å². The van der Waals surface area contributed by atoms with E-state index in [9.17, 15) is 4.79 Å². The molecule has 0 aliphatic carbocycles. The molecule has 1 saturated heterocycles. The Labute approximate surface area is 162 Å². The average molecular weight is 370 g/mol. The molecule has 4 rings (SSSR count). The minimum Gasteiger partial charge on any atom is -0.283 e. The normalized spacial score (nSPS) is 17.2. The molecule has 0 radical (unpaired) electrons. The second kappa shape index (κ2) is 7.64. The van der Waals surface area contributed by atoms with E-state index in [4.69, 9.17) is 4.99 Å². The number of fused-ring (bicyclic) bond motifs is 1. The van der Waals surface area contributed by atoms with E-state index in [0.29, 0.717) is 16.6 Å². The lowest BCUT2D eigenvalue weighted by Gasteiger charge is -2.13. The zero-order chi connectivity index (χ0) is 18.6. The van der Waals surface area contributed by atoms with Gasteiger partial charge in [0.05, 0.1) is 10.6 Å². The second-order valence-corrected chi connectivity index (χ2v) is 7.13. The van der Waals surface area contributed by atoms with Crippen molar-refractivity contribution in [2.24, 2.45) is 4.99 Å². The van der Waals surface area contributed by atoms with E-state index in [1.54, 1.807) is 11.0 Å². The fourth-order valence-electron chi connectivity index (χ4n) is 2.99. The summed E-state index contributed by atoms with van der Waals surface area (Å²) in [6.07, 6.45) is 3.64. The fraction of sp³-hybridized carbons (Fsp3) is 0.0435. The smallest absolute Gasteiger partial charge is 0.267 e. The number of carbonyl (C=O) groups is 1. The number of amidine groups is 1. The first kappa shape index (κ1) is 17.3. The van der Waals surface area contributed by atoms with Crippen LogP contribution in [0.5, 0.6) is 0 Å². The van der Waals surface area contributed by atoms with Gasteiger partial charge in [-0.15, -0.1) is 6.58 Å². The molecule has 0 spiro atoms. The topological polar surface area (TPSA) is 32.7 Å². The van der Waals surface area contributed by atoms with Crippen molar-refractivity contribution >= 4 is 45.4 Å². The number of hydrogen-bond acceptors (Lipinski definition) is 3. The lowest BCUT2D eigenvalue weighted by Crippen LogP contribution is -2.29. The quantitative estimate of drug-likeness (QED) is 0.440. The summed E-state index contributed by atoms with van der Waals surface area (Å²) in [6.45, 7) is 4.21. The summed E-state index contributed by atoms with van der Waals surface area (Å²) in [6, 6.07) is 24.0. The number of nitrogens with zero attached hydrogens (tertiary/aromatic N) is 2. The Kier molecular flexibility index (Phi) is 4.90. The predicted molar refractivity (Wildman–Crippen MR) is 115 cm³/mol. The molecule has 0 unspecified atom stereocenters. The van der Waals surface area contributed by atoms with Gasteiger partial charge in [0.1, 0.15) is 0 Å². The molecule has 27 heavy (non-hydrogen) atoms. The first-order valence-electron chi connectivity index (χ1n) is 8.70. The second-order valence-electron chi connectivity index (χ2n) is 6.12. The Morgan fingerprint density at radius 1 is 0.963 bits per heavy atom. The van der Waals surface area contributed by atoms with Crippen molar-refractivity contribution in [3.63, 3.8) is 0 Å². The highest BCUT2D eigenvalue weighted by atomic mass is 32.2. The van der Waals surface area contributed by atoms with Crippen molar-refractivity contribution in [3.05, 3.63) is 95.9 Å². The molecule has 132 valence electrons. The lowest BCUT2D eigenvalue weighted by atomic mass is 10.1. The largest absolute Gasteiger partial charge is 0.283 e. The molecule has 3 aromatic rings. The van der Waals surface area contributed by atoms with Crippen molar-refractivity contribution in [3.8, 4) is 0 Å². The first-order chi connectivity index (χ1) is 13.3. The predicted octanol–water partition coefficient (Wildman–Crippen LogP) is 5.63. The van der Waals surface area contributed by atoms with Crippen LogP contribution >= 0.6 is 11.8 Å². The maximum absolute atomic E-state index is 12.9. The van der Waals surface area contributed by atoms with Crippen LogP contribution in [0.4, 0.5) is 5.69 Å². The molecule has 1 amide bonds. The summed E-state index contributed by atoms with van der Waals surface area (Å²) in [5, 5.41) is 2.88. The van der Waals surface area contributed by atoms with Crippen molar-refractivity contribution in [1.29, 1.82) is 0 Å². The van der Waals surface area contributed by atoms with Crippen LogP contribution in [0.15, 0.2) is 95.3 Å². The van der Waals surface area contributed by atoms with Crippen LogP contribution in [-0.4, -0.2) is 22.5 Å². The van der Waals surface area contributed by atoms with Gasteiger partial charge >= 0.3 is 0 Å². The lowest BCUT2D eigenvalue weighted by molar-refractivity contribution is -0.121. The number of hydrogen-bond donors (Lipinski definition) is 0. The minimum atomic E-state index is -0.0391. The molecule has 3 nitrogen and oxygen atoms in total. The zero-order valence-corrected chi connectivity index (χ0v) is 15.5. The monoisotopic (exact) mass is 370 g/mol. The highest BCUT2D eigenvalue weighted by Gasteiger charge is 2.32. The molecule has 0 atom stereocenters. The van der Waals surface area contributed by atoms with Gasteiger partial charge < -0.3 is 0 Å². The van der Waals surface area contributed by atoms with Crippen molar-refractivity contribution in [2.45, 2.75) is 0 Å². The molecule has 0 aromatic heterocycles. The number of benzene rings is 3. The van der Waals surface area contributed by atoms with Crippen LogP contribution in [0.2, 0.25) is 0 Å². The Balaban J connectivity index is 1.76. The molecule has 0 N–H and O–H groups in total. The van der Waals surface area contributed by atoms with E-state index in [1.165, 1.54) is 11.8 Å². The van der Waals surface area contributed by atoms with E-state index < -0.39 is 0 Å². The Bertz CT molecular complexity index is 1060. The van der Waals surface area contributed by atoms with Gasteiger partial charge in [-0.05, 0) is 34.9 Å². The van der Waals surface area contributed by atoms with Crippen LogP contribution in [0.1, 0.15) is 5.56 Å². The molecule has 4 heteroatoms. The molecule has 1 fully saturated rings. The molecule has 1 heterocycles. The summed E-state index contributed by atoms with van der Waals surface area (Å²) < 4.78 is 0. The molecule has 1 aliphatic rings. The van der Waals surface area contributed by atoms with Crippen LogP contribution < -0.4 is 0 Å². The number of rotatable bonds is 4. The number of aliphatic imine (C=N–C) groups is 1. The number of carbonyl (C=O) groups excluding carboxylic acids is 1. The Morgan fingerprint density at radius 2 is 1.70 bits per heavy atom. The van der Waals surface area contributed by atoms with Gasteiger partial charge in [0.15, 0.2) is 5.17 Å². The summed E-state index contributed by atoms with van der Waals surface area (Å²) in [5.74, 6) is -0.0391. The average Bonchev–Trinajstić information content (AvgIpc) is 2.98. The highest BCUT2D eigenvalue weighted by Crippen LogP contribution is 2.35. The third-order valence-electron chi connectivity index (χ3n) is 4.28. The van der Waals surface area contributed by atoms with Gasteiger partial charge in [0.25, 0.3) is 5.91 Å². The van der Waals surface area contributed by atoms with E-state index in [2.05, 4.69) is 24.8 Å². The number of amides is 1. The summed E-state index contributed by atoms with van der Waals surface area (Å²) in [4.78, 5) is 20.0. The van der Waals surface area contributed by atoms with Crippen LogP contribution in [0, 0.1) is 0 Å². The molecule has 1 aliphatic heterocycles. The minimum absolute atomic E-state index is 0.0391. The maximum atomic E-state index is 12.9. The van der Waals surface area contributed by atoms with Crippen molar-refractivity contribution < 1.29 is 4.79 Å². The van der Waals surface area contributed by atoms with Gasteiger partial charge in [-0.2, -0.15) is 0 Å². The van der Waals surface area contributed by atoms with Crippen molar-refractivity contribution in [2.75, 3.05) is 6.54 Å². The zero-order valence-electron chi connectivity index (χ0n) is 14.7. The SMILES string of the molecule is C=CCN1C(=O)C(=Cc2ccccc2)SC1=Nc1cccc2ccccc12. The van der Waals surface area contributed by atoms with Gasteiger partial charge in [0.2, 0.25) is 0 Å². The standard InChI is InChI=1S/C23H18N2OS/c1-2-15-25-22(26)21(16-17-9-4-3-5-10-17)27-23(25)24-20-14-8-12-18-11-6-7-13-19(18)20/h2-14,16H,1,15H2. The Morgan fingerprint density at radius 3 is 2.52 bits per heavy atom. The Hall–Kier alpha value is -3.11.